The average Bonchev–Trinajstić information content (AvgIpc) is 3.00. The highest BCUT2D eigenvalue weighted by Crippen LogP contribution is 2.32. The summed E-state index contributed by atoms with van der Waals surface area (Å²) < 4.78 is 30.0. The number of nitrogens with one attached hydrogen (secondary N) is 1. The van der Waals surface area contributed by atoms with E-state index >= 15 is 0 Å². The van der Waals surface area contributed by atoms with Crippen LogP contribution in [0.15, 0.2) is 30.0 Å². The Morgan fingerprint density at radius 2 is 1.84 bits per heavy atom. The molecule has 0 bridgehead atoms. The second kappa shape index (κ2) is 6.74. The summed E-state index contributed by atoms with van der Waals surface area (Å²) in [6, 6.07) is 4.45. The Bertz CT molecular complexity index is 700. The zero-order valence-corrected chi connectivity index (χ0v) is 14.1. The molecule has 1 aliphatic heterocycles. The molecule has 25 heavy (non-hydrogen) atoms. The number of cyclic esters (lactones) is 2. The first-order chi connectivity index (χ1) is 11.9. The molecule has 0 radical (unpaired) electrons. The highest BCUT2D eigenvalue weighted by Gasteiger charge is 2.39. The Morgan fingerprint density at radius 3 is 2.48 bits per heavy atom. The van der Waals surface area contributed by atoms with Gasteiger partial charge in [-0.15, -0.1) is 0 Å². The quantitative estimate of drug-likeness (QED) is 0.511. The van der Waals surface area contributed by atoms with Gasteiger partial charge in [0.1, 0.15) is 17.3 Å². The van der Waals surface area contributed by atoms with Crippen molar-refractivity contribution in [2.24, 2.45) is 0 Å². The molecular weight excluding hydrogens is 329 g/mol. The van der Waals surface area contributed by atoms with E-state index < -0.39 is 23.5 Å². The molecule has 1 heterocycles. The fourth-order valence-corrected chi connectivity index (χ4v) is 2.85. The lowest BCUT2D eigenvalue weighted by Crippen LogP contribution is -2.42. The average molecular weight is 349 g/mol. The molecule has 3 rings (SSSR count). The van der Waals surface area contributed by atoms with Crippen molar-refractivity contribution in [1.29, 1.82) is 0 Å². The number of ether oxygens (including phenoxy) is 3. The van der Waals surface area contributed by atoms with Gasteiger partial charge in [-0.25, -0.2) is 14.0 Å². The summed E-state index contributed by atoms with van der Waals surface area (Å²) in [7, 11) is 0. The fraction of sp³-hybridized carbons (Fsp3) is 0.444. The van der Waals surface area contributed by atoms with Gasteiger partial charge >= 0.3 is 11.9 Å². The van der Waals surface area contributed by atoms with Crippen molar-refractivity contribution in [1.82, 2.24) is 0 Å². The van der Waals surface area contributed by atoms with E-state index in [2.05, 4.69) is 5.32 Å². The van der Waals surface area contributed by atoms with Gasteiger partial charge in [-0.1, -0.05) is 6.07 Å². The Morgan fingerprint density at radius 1 is 1.20 bits per heavy atom. The molecule has 0 unspecified atom stereocenters. The first-order valence-electron chi connectivity index (χ1n) is 8.24. The largest absolute Gasteiger partial charge is 0.488 e. The van der Waals surface area contributed by atoms with Crippen LogP contribution < -0.4 is 10.1 Å². The number of carbonyl (C=O) groups excluding carboxylic acids is 2. The molecule has 2 fully saturated rings. The number of anilines is 1. The third-order valence-corrected chi connectivity index (χ3v) is 4.05. The standard InChI is InChI=1S/C18H20FNO5/c1-18(2)24-16(21)12(17(22)25-18)10-20-15-13(19)8-5-9-14(15)23-11-6-3-4-7-11/h5,8-11,20H,3-4,6-7H2,1-2H3. The maximum absolute atomic E-state index is 14.2. The van der Waals surface area contributed by atoms with Crippen LogP contribution in [0.25, 0.3) is 0 Å². The minimum absolute atomic E-state index is 0.0420. The van der Waals surface area contributed by atoms with E-state index in [1.807, 2.05) is 0 Å². The maximum atomic E-state index is 14.2. The van der Waals surface area contributed by atoms with Crippen molar-refractivity contribution < 1.29 is 28.2 Å². The molecule has 0 spiro atoms. The van der Waals surface area contributed by atoms with Crippen molar-refractivity contribution in [2.45, 2.75) is 51.4 Å². The normalized spacial score (nSPS) is 20.0. The fourth-order valence-electron chi connectivity index (χ4n) is 2.85. The van der Waals surface area contributed by atoms with Crippen molar-refractivity contribution >= 4 is 17.6 Å². The molecule has 1 saturated heterocycles. The molecular formula is C18H20FNO5. The number of para-hydroxylation sites is 1. The van der Waals surface area contributed by atoms with Crippen LogP contribution in [0.2, 0.25) is 0 Å². The summed E-state index contributed by atoms with van der Waals surface area (Å²) >= 11 is 0. The molecule has 0 atom stereocenters. The van der Waals surface area contributed by atoms with E-state index in [0.29, 0.717) is 5.75 Å². The van der Waals surface area contributed by atoms with Gasteiger partial charge < -0.3 is 19.5 Å². The Labute approximate surface area is 144 Å². The minimum Gasteiger partial charge on any atom is -0.488 e. The Kier molecular flexibility index (Phi) is 4.65. The highest BCUT2D eigenvalue weighted by molar-refractivity contribution is 6.15. The Hall–Kier alpha value is -2.57. The molecule has 1 aromatic carbocycles. The summed E-state index contributed by atoms with van der Waals surface area (Å²) in [5.41, 5.74) is -0.276. The van der Waals surface area contributed by atoms with E-state index in [-0.39, 0.29) is 17.4 Å². The zero-order valence-electron chi connectivity index (χ0n) is 14.1. The highest BCUT2D eigenvalue weighted by atomic mass is 19.1. The SMILES string of the molecule is CC1(C)OC(=O)C(=CNc2c(F)cccc2OC2CCCC2)C(=O)O1. The molecule has 1 aromatic rings. The van der Waals surface area contributed by atoms with Crippen LogP contribution in [-0.2, 0) is 19.1 Å². The molecule has 1 saturated carbocycles. The number of benzene rings is 1. The van der Waals surface area contributed by atoms with Crippen molar-refractivity contribution in [3.05, 3.63) is 35.8 Å². The third kappa shape index (κ3) is 3.92. The predicted molar refractivity (Wildman–Crippen MR) is 87.3 cm³/mol. The lowest BCUT2D eigenvalue weighted by molar-refractivity contribution is -0.222. The van der Waals surface area contributed by atoms with Crippen molar-refractivity contribution in [2.75, 3.05) is 5.32 Å². The first kappa shape index (κ1) is 17.3. The molecule has 0 amide bonds. The van der Waals surface area contributed by atoms with Crippen LogP contribution in [0.4, 0.5) is 10.1 Å². The van der Waals surface area contributed by atoms with Crippen molar-refractivity contribution in [3.63, 3.8) is 0 Å². The molecule has 2 aliphatic rings. The predicted octanol–water partition coefficient (Wildman–Crippen LogP) is 3.28. The lowest BCUT2D eigenvalue weighted by atomic mass is 10.2. The van der Waals surface area contributed by atoms with E-state index in [1.165, 1.54) is 19.9 Å². The smallest absolute Gasteiger partial charge is 0.350 e. The van der Waals surface area contributed by atoms with Gasteiger partial charge in [0.2, 0.25) is 0 Å². The summed E-state index contributed by atoms with van der Waals surface area (Å²) in [6.07, 6.45) is 5.14. The van der Waals surface area contributed by atoms with Crippen LogP contribution in [0, 0.1) is 5.82 Å². The van der Waals surface area contributed by atoms with Crippen LogP contribution in [-0.4, -0.2) is 23.8 Å². The summed E-state index contributed by atoms with van der Waals surface area (Å²) in [5, 5.41) is 2.65. The molecule has 7 heteroatoms. The number of hydrogen-bond donors (Lipinski definition) is 1. The number of esters is 2. The van der Waals surface area contributed by atoms with Gasteiger partial charge in [-0.2, -0.15) is 0 Å². The Balaban J connectivity index is 1.80. The van der Waals surface area contributed by atoms with Gasteiger partial charge in [0.05, 0.1) is 6.10 Å². The van der Waals surface area contributed by atoms with Crippen LogP contribution >= 0.6 is 0 Å². The molecule has 1 aliphatic carbocycles. The van der Waals surface area contributed by atoms with Gasteiger partial charge in [0.15, 0.2) is 5.57 Å². The third-order valence-electron chi connectivity index (χ3n) is 4.05. The maximum Gasteiger partial charge on any atom is 0.350 e. The summed E-state index contributed by atoms with van der Waals surface area (Å²) in [4.78, 5) is 23.9. The van der Waals surface area contributed by atoms with E-state index in [9.17, 15) is 14.0 Å². The van der Waals surface area contributed by atoms with Gasteiger partial charge in [0.25, 0.3) is 5.79 Å². The zero-order chi connectivity index (χ0) is 18.0. The monoisotopic (exact) mass is 349 g/mol. The van der Waals surface area contributed by atoms with E-state index in [4.69, 9.17) is 14.2 Å². The van der Waals surface area contributed by atoms with Crippen molar-refractivity contribution in [3.8, 4) is 5.75 Å². The molecule has 6 nitrogen and oxygen atoms in total. The van der Waals surface area contributed by atoms with E-state index in [0.717, 1.165) is 31.9 Å². The number of rotatable bonds is 4. The molecule has 134 valence electrons. The summed E-state index contributed by atoms with van der Waals surface area (Å²) in [6.45, 7) is 2.91. The van der Waals surface area contributed by atoms with Crippen LogP contribution in [0.5, 0.6) is 5.75 Å². The van der Waals surface area contributed by atoms with Gasteiger partial charge in [-0.3, -0.25) is 0 Å². The number of carbonyl (C=O) groups is 2. The molecule has 0 aromatic heterocycles. The van der Waals surface area contributed by atoms with Gasteiger partial charge in [0, 0.05) is 20.0 Å². The lowest BCUT2D eigenvalue weighted by Gasteiger charge is -2.29. The first-order valence-corrected chi connectivity index (χ1v) is 8.24. The number of halogens is 1. The second-order valence-corrected chi connectivity index (χ2v) is 6.52. The summed E-state index contributed by atoms with van der Waals surface area (Å²) in [5.74, 6) is -3.20. The number of hydrogen-bond acceptors (Lipinski definition) is 6. The van der Waals surface area contributed by atoms with Crippen LogP contribution in [0.1, 0.15) is 39.5 Å². The molecule has 1 N–H and O–H groups in total. The topological polar surface area (TPSA) is 73.9 Å². The van der Waals surface area contributed by atoms with Crippen LogP contribution in [0.3, 0.4) is 0 Å². The van der Waals surface area contributed by atoms with E-state index in [1.54, 1.807) is 12.1 Å². The van der Waals surface area contributed by atoms with Gasteiger partial charge in [-0.05, 0) is 37.8 Å². The minimum atomic E-state index is -1.32. The second-order valence-electron chi connectivity index (χ2n) is 6.52.